The lowest BCUT2D eigenvalue weighted by molar-refractivity contribution is -0.132. The van der Waals surface area contributed by atoms with Gasteiger partial charge in [-0.1, -0.05) is 13.0 Å². The number of carbonyl (C=O) groups excluding carboxylic acids is 1. The molecule has 0 aromatic carbocycles. The van der Waals surface area contributed by atoms with E-state index in [-0.39, 0.29) is 12.0 Å². The Morgan fingerprint density at radius 2 is 2.08 bits per heavy atom. The summed E-state index contributed by atoms with van der Waals surface area (Å²) in [7, 11) is 0. The van der Waals surface area contributed by atoms with Crippen molar-refractivity contribution in [3.8, 4) is 0 Å². The van der Waals surface area contributed by atoms with Crippen LogP contribution in [-0.2, 0) is 11.2 Å². The summed E-state index contributed by atoms with van der Waals surface area (Å²) in [5.74, 6) is 0.131. The van der Waals surface area contributed by atoms with Crippen LogP contribution < -0.4 is 0 Å². The molecule has 3 rings (SSSR count). The van der Waals surface area contributed by atoms with Crippen LogP contribution in [0.1, 0.15) is 24.6 Å². The number of carbonyl (C=O) groups is 1. The fourth-order valence-corrected chi connectivity index (χ4v) is 3.16. The molecule has 0 radical (unpaired) electrons. The highest BCUT2D eigenvalue weighted by Gasteiger charge is 2.22. The van der Waals surface area contributed by atoms with E-state index in [1.165, 1.54) is 0 Å². The first-order valence-electron chi connectivity index (χ1n) is 8.68. The molecular weight excluding hydrogens is 304 g/mol. The number of β-amino-alcohol motifs (C(OH)–C–C–N with tert-alkyl or cyclic N) is 1. The molecule has 24 heavy (non-hydrogen) atoms. The van der Waals surface area contributed by atoms with Gasteiger partial charge in [0.15, 0.2) is 0 Å². The van der Waals surface area contributed by atoms with Crippen molar-refractivity contribution in [2.24, 2.45) is 0 Å². The summed E-state index contributed by atoms with van der Waals surface area (Å²) in [6.07, 6.45) is 4.74. The van der Waals surface area contributed by atoms with E-state index in [2.05, 4.69) is 9.88 Å². The number of hydrogen-bond acceptors (Lipinski definition) is 4. The molecule has 2 aromatic heterocycles. The molecule has 6 heteroatoms. The lowest BCUT2D eigenvalue weighted by atomic mass is 10.2. The molecule has 1 N–H and O–H groups in total. The first-order valence-corrected chi connectivity index (χ1v) is 8.68. The molecule has 1 amide bonds. The van der Waals surface area contributed by atoms with Crippen LogP contribution in [0.15, 0.2) is 24.5 Å². The molecule has 1 atom stereocenters. The number of aromatic nitrogens is 2. The Hall–Kier alpha value is -1.92. The van der Waals surface area contributed by atoms with Crippen LogP contribution in [0, 0.1) is 6.92 Å². The summed E-state index contributed by atoms with van der Waals surface area (Å²) in [4.78, 5) is 21.2. The van der Waals surface area contributed by atoms with E-state index < -0.39 is 0 Å². The van der Waals surface area contributed by atoms with Gasteiger partial charge >= 0.3 is 0 Å². The largest absolute Gasteiger partial charge is 0.392 e. The zero-order chi connectivity index (χ0) is 17.1. The van der Waals surface area contributed by atoms with Gasteiger partial charge < -0.3 is 14.4 Å². The first-order chi connectivity index (χ1) is 11.6. The molecule has 1 aliphatic rings. The van der Waals surface area contributed by atoms with E-state index in [4.69, 9.17) is 0 Å². The molecule has 0 aliphatic carbocycles. The van der Waals surface area contributed by atoms with Crippen molar-refractivity contribution in [3.63, 3.8) is 0 Å². The van der Waals surface area contributed by atoms with Crippen LogP contribution in [0.2, 0.25) is 0 Å². The third-order valence-electron chi connectivity index (χ3n) is 4.73. The zero-order valence-electron chi connectivity index (χ0n) is 14.5. The van der Waals surface area contributed by atoms with E-state index in [1.807, 2.05) is 47.7 Å². The van der Waals surface area contributed by atoms with E-state index in [1.54, 1.807) is 0 Å². The van der Waals surface area contributed by atoms with Gasteiger partial charge in [-0.15, -0.1) is 0 Å². The molecule has 0 saturated carbocycles. The number of aliphatic hydroxyl groups is 1. The number of amides is 1. The van der Waals surface area contributed by atoms with Crippen LogP contribution in [0.5, 0.6) is 0 Å². The van der Waals surface area contributed by atoms with Crippen molar-refractivity contribution < 1.29 is 9.90 Å². The Labute approximate surface area is 142 Å². The maximum atomic E-state index is 12.5. The Morgan fingerprint density at radius 3 is 2.75 bits per heavy atom. The van der Waals surface area contributed by atoms with Gasteiger partial charge in [0, 0.05) is 45.1 Å². The Bertz CT molecular complexity index is 704. The molecule has 1 saturated heterocycles. The number of piperazine rings is 1. The first kappa shape index (κ1) is 16.9. The van der Waals surface area contributed by atoms with Gasteiger partial charge in [-0.2, -0.15) is 0 Å². The maximum absolute atomic E-state index is 12.5. The molecule has 0 spiro atoms. The number of hydrogen-bond donors (Lipinski definition) is 1. The average Bonchev–Trinajstić information content (AvgIpc) is 2.99. The zero-order valence-corrected chi connectivity index (χ0v) is 14.5. The van der Waals surface area contributed by atoms with Crippen molar-refractivity contribution >= 4 is 11.6 Å². The van der Waals surface area contributed by atoms with Crippen molar-refractivity contribution in [3.05, 3.63) is 35.8 Å². The standard InChI is InChI=1S/C18H26N4O2/c1-3-16(23)13-20-7-9-21(10-8-20)17(24)11-15-12-22-6-4-5-14(2)18(22)19-15/h4-6,12,16,23H,3,7-11,13H2,1-2H3. The third kappa shape index (κ3) is 3.76. The quantitative estimate of drug-likeness (QED) is 0.892. The van der Waals surface area contributed by atoms with Gasteiger partial charge in [0.2, 0.25) is 5.91 Å². The fourth-order valence-electron chi connectivity index (χ4n) is 3.16. The highest BCUT2D eigenvalue weighted by atomic mass is 16.3. The lowest BCUT2D eigenvalue weighted by Crippen LogP contribution is -2.50. The van der Waals surface area contributed by atoms with Gasteiger partial charge in [0.05, 0.1) is 18.2 Å². The number of imidazole rings is 1. The highest BCUT2D eigenvalue weighted by Crippen LogP contribution is 2.12. The van der Waals surface area contributed by atoms with Crippen molar-refractivity contribution in [2.45, 2.75) is 32.8 Å². The molecule has 6 nitrogen and oxygen atoms in total. The summed E-state index contributed by atoms with van der Waals surface area (Å²) in [6.45, 7) is 7.81. The van der Waals surface area contributed by atoms with Gasteiger partial charge in [-0.3, -0.25) is 9.69 Å². The summed E-state index contributed by atoms with van der Waals surface area (Å²) >= 11 is 0. The molecule has 2 aromatic rings. The van der Waals surface area contributed by atoms with E-state index in [0.717, 1.165) is 49.5 Å². The number of aliphatic hydroxyl groups excluding tert-OH is 1. The summed E-state index contributed by atoms with van der Waals surface area (Å²) in [5.41, 5.74) is 2.84. The Kier molecular flexibility index (Phi) is 5.16. The third-order valence-corrected chi connectivity index (χ3v) is 4.73. The number of aryl methyl sites for hydroxylation is 1. The molecule has 0 bridgehead atoms. The molecular formula is C18H26N4O2. The Balaban J connectivity index is 1.56. The SMILES string of the molecule is CCC(O)CN1CCN(C(=O)Cc2cn3cccc(C)c3n2)CC1. The van der Waals surface area contributed by atoms with Gasteiger partial charge in [0.1, 0.15) is 5.65 Å². The van der Waals surface area contributed by atoms with Crippen LogP contribution in [0.3, 0.4) is 0 Å². The van der Waals surface area contributed by atoms with E-state index in [0.29, 0.717) is 13.0 Å². The van der Waals surface area contributed by atoms with Crippen LogP contribution in [-0.4, -0.2) is 69.0 Å². The normalized spacial score (nSPS) is 17.4. The second-order valence-electron chi connectivity index (χ2n) is 6.57. The minimum absolute atomic E-state index is 0.131. The van der Waals surface area contributed by atoms with Crippen LogP contribution in [0.4, 0.5) is 0 Å². The second kappa shape index (κ2) is 7.32. The van der Waals surface area contributed by atoms with Crippen LogP contribution in [0.25, 0.3) is 5.65 Å². The predicted molar refractivity (Wildman–Crippen MR) is 93.0 cm³/mol. The topological polar surface area (TPSA) is 61.1 Å². The molecule has 3 heterocycles. The summed E-state index contributed by atoms with van der Waals surface area (Å²) in [6, 6.07) is 4.01. The minimum Gasteiger partial charge on any atom is -0.392 e. The Morgan fingerprint density at radius 1 is 1.33 bits per heavy atom. The van der Waals surface area contributed by atoms with E-state index in [9.17, 15) is 9.90 Å². The second-order valence-corrected chi connectivity index (χ2v) is 6.57. The predicted octanol–water partition coefficient (Wildman–Crippen LogP) is 1.10. The van der Waals surface area contributed by atoms with Gasteiger partial charge in [0.25, 0.3) is 0 Å². The van der Waals surface area contributed by atoms with Crippen molar-refractivity contribution in [1.29, 1.82) is 0 Å². The molecule has 130 valence electrons. The minimum atomic E-state index is -0.270. The lowest BCUT2D eigenvalue weighted by Gasteiger charge is -2.35. The number of nitrogens with zero attached hydrogens (tertiary/aromatic N) is 4. The fraction of sp³-hybridized carbons (Fsp3) is 0.556. The maximum Gasteiger partial charge on any atom is 0.228 e. The average molecular weight is 330 g/mol. The number of pyridine rings is 1. The highest BCUT2D eigenvalue weighted by molar-refractivity contribution is 5.78. The van der Waals surface area contributed by atoms with Crippen molar-refractivity contribution in [1.82, 2.24) is 19.2 Å². The molecule has 1 fully saturated rings. The van der Waals surface area contributed by atoms with E-state index >= 15 is 0 Å². The molecule has 1 aliphatic heterocycles. The van der Waals surface area contributed by atoms with Crippen LogP contribution >= 0.6 is 0 Å². The molecule has 1 unspecified atom stereocenters. The van der Waals surface area contributed by atoms with Gasteiger partial charge in [-0.25, -0.2) is 4.98 Å². The number of rotatable bonds is 5. The monoisotopic (exact) mass is 330 g/mol. The van der Waals surface area contributed by atoms with Crippen molar-refractivity contribution in [2.75, 3.05) is 32.7 Å². The van der Waals surface area contributed by atoms with Gasteiger partial charge in [-0.05, 0) is 25.0 Å². The summed E-state index contributed by atoms with van der Waals surface area (Å²) in [5, 5.41) is 9.74. The summed E-state index contributed by atoms with van der Waals surface area (Å²) < 4.78 is 1.97. The number of fused-ring (bicyclic) bond motifs is 1. The smallest absolute Gasteiger partial charge is 0.228 e.